The van der Waals surface area contributed by atoms with Gasteiger partial charge in [-0.1, -0.05) is 0 Å². The lowest BCUT2D eigenvalue weighted by Gasteiger charge is -2.56. The van der Waals surface area contributed by atoms with Crippen molar-refractivity contribution < 1.29 is 4.92 Å². The van der Waals surface area contributed by atoms with Crippen molar-refractivity contribution in [2.24, 2.45) is 5.41 Å². The predicted octanol–water partition coefficient (Wildman–Crippen LogP) is 0.224. The first-order valence-electron chi connectivity index (χ1n) is 5.26. The van der Waals surface area contributed by atoms with Crippen LogP contribution in [-0.2, 0) is 0 Å². The van der Waals surface area contributed by atoms with Crippen LogP contribution in [0.1, 0.15) is 11.6 Å². The number of hydrogen-bond acceptors (Lipinski definition) is 5. The molecule has 1 aromatic heterocycles. The molecular formula is C10H12N4O2. The molecular weight excluding hydrogens is 208 g/mol. The van der Waals surface area contributed by atoms with Crippen LogP contribution in [0.4, 0.5) is 5.82 Å². The monoisotopic (exact) mass is 220 g/mol. The molecule has 0 aromatic carbocycles. The number of hydrogen-bond donors (Lipinski definition) is 2. The summed E-state index contributed by atoms with van der Waals surface area (Å²) in [5, 5.41) is 17.1. The molecule has 1 unspecified atom stereocenters. The Morgan fingerprint density at radius 3 is 2.62 bits per heavy atom. The fourth-order valence-electron chi connectivity index (χ4n) is 2.42. The highest BCUT2D eigenvalue weighted by Gasteiger charge is 2.51. The Hall–Kier alpha value is -1.53. The molecule has 0 radical (unpaired) electrons. The van der Waals surface area contributed by atoms with E-state index in [4.69, 9.17) is 0 Å². The van der Waals surface area contributed by atoms with Crippen LogP contribution in [0.25, 0.3) is 0 Å². The van der Waals surface area contributed by atoms with E-state index in [1.807, 2.05) is 0 Å². The molecule has 6 nitrogen and oxygen atoms in total. The molecule has 0 amide bonds. The molecule has 2 saturated heterocycles. The van der Waals surface area contributed by atoms with Crippen LogP contribution >= 0.6 is 0 Å². The third-order valence-electron chi connectivity index (χ3n) is 3.52. The quantitative estimate of drug-likeness (QED) is 0.550. The van der Waals surface area contributed by atoms with Gasteiger partial charge in [-0.2, -0.15) is 0 Å². The highest BCUT2D eigenvalue weighted by atomic mass is 16.6. The van der Waals surface area contributed by atoms with Crippen molar-refractivity contribution in [3.05, 3.63) is 34.0 Å². The smallest absolute Gasteiger partial charge is 0.358 e. The van der Waals surface area contributed by atoms with E-state index in [-0.39, 0.29) is 5.82 Å². The van der Waals surface area contributed by atoms with Gasteiger partial charge in [-0.3, -0.25) is 0 Å². The van der Waals surface area contributed by atoms with E-state index in [1.54, 1.807) is 12.3 Å². The summed E-state index contributed by atoms with van der Waals surface area (Å²) in [5.41, 5.74) is 1.36. The fourth-order valence-corrected chi connectivity index (χ4v) is 2.42. The van der Waals surface area contributed by atoms with Gasteiger partial charge in [0.15, 0.2) is 0 Å². The van der Waals surface area contributed by atoms with Gasteiger partial charge < -0.3 is 20.7 Å². The van der Waals surface area contributed by atoms with Gasteiger partial charge in [0.2, 0.25) is 0 Å². The lowest BCUT2D eigenvalue weighted by Crippen LogP contribution is -2.71. The second-order valence-corrected chi connectivity index (χ2v) is 4.49. The van der Waals surface area contributed by atoms with Crippen LogP contribution in [0.3, 0.4) is 0 Å². The first-order valence-corrected chi connectivity index (χ1v) is 5.26. The lowest BCUT2D eigenvalue weighted by atomic mass is 9.66. The molecule has 6 heteroatoms. The van der Waals surface area contributed by atoms with Crippen LogP contribution < -0.4 is 10.6 Å². The molecule has 2 aliphatic heterocycles. The minimum atomic E-state index is -0.474. The number of nitrogens with one attached hydrogen (secondary N) is 2. The van der Waals surface area contributed by atoms with E-state index >= 15 is 0 Å². The molecule has 1 atom stereocenters. The molecule has 2 aliphatic rings. The maximum absolute atomic E-state index is 10.5. The summed E-state index contributed by atoms with van der Waals surface area (Å²) in [6.45, 7) is 3.05. The summed E-state index contributed by atoms with van der Waals surface area (Å²) in [6.07, 6.45) is 1.61. The standard InChI is InChI=1S/C10H12N4O2/c15-14(16)8-2-1-7(3-12-8)9-10(6-13-9)4-11-5-10/h1-3,9,11,13H,4-6H2. The number of rotatable bonds is 2. The molecule has 2 fully saturated rings. The van der Waals surface area contributed by atoms with Crippen molar-refractivity contribution in [3.8, 4) is 0 Å². The molecule has 16 heavy (non-hydrogen) atoms. The normalized spacial score (nSPS) is 25.9. The Labute approximate surface area is 92.2 Å². The molecule has 0 aliphatic carbocycles. The Balaban J connectivity index is 1.82. The van der Waals surface area contributed by atoms with Crippen LogP contribution in [0.15, 0.2) is 18.3 Å². The van der Waals surface area contributed by atoms with E-state index in [2.05, 4.69) is 15.6 Å². The van der Waals surface area contributed by atoms with Gasteiger partial charge >= 0.3 is 5.82 Å². The Bertz CT molecular complexity index is 421. The summed E-state index contributed by atoms with van der Waals surface area (Å²) in [4.78, 5) is 13.8. The van der Waals surface area contributed by atoms with Crippen molar-refractivity contribution in [2.75, 3.05) is 19.6 Å². The molecule has 1 aromatic rings. The highest BCUT2D eigenvalue weighted by Crippen LogP contribution is 2.43. The molecule has 0 saturated carbocycles. The SMILES string of the molecule is O=[N+]([O-])c1ccc(C2NCC23CNC3)cn1. The molecule has 84 valence electrons. The lowest BCUT2D eigenvalue weighted by molar-refractivity contribution is -0.389. The van der Waals surface area contributed by atoms with Gasteiger partial charge in [0.25, 0.3) is 0 Å². The maximum atomic E-state index is 10.5. The number of pyridine rings is 1. The summed E-state index contributed by atoms with van der Waals surface area (Å²) >= 11 is 0. The van der Waals surface area contributed by atoms with Crippen molar-refractivity contribution in [1.29, 1.82) is 0 Å². The van der Waals surface area contributed by atoms with Crippen molar-refractivity contribution in [2.45, 2.75) is 6.04 Å². The average Bonchev–Trinajstić information content (AvgIpc) is 2.14. The minimum absolute atomic E-state index is 0.0937. The van der Waals surface area contributed by atoms with Crippen molar-refractivity contribution in [3.63, 3.8) is 0 Å². The summed E-state index contributed by atoms with van der Waals surface area (Å²) in [6, 6.07) is 3.55. The van der Waals surface area contributed by atoms with E-state index < -0.39 is 4.92 Å². The maximum Gasteiger partial charge on any atom is 0.363 e. The van der Waals surface area contributed by atoms with E-state index in [9.17, 15) is 10.1 Å². The third-order valence-corrected chi connectivity index (χ3v) is 3.52. The first kappa shape index (κ1) is 9.68. The minimum Gasteiger partial charge on any atom is -0.358 e. The van der Waals surface area contributed by atoms with Gasteiger partial charge in [-0.25, -0.2) is 0 Å². The van der Waals surface area contributed by atoms with Gasteiger partial charge in [0.05, 0.1) is 0 Å². The van der Waals surface area contributed by atoms with Crippen molar-refractivity contribution in [1.82, 2.24) is 15.6 Å². The van der Waals surface area contributed by atoms with E-state index in [0.717, 1.165) is 25.2 Å². The fraction of sp³-hybridized carbons (Fsp3) is 0.500. The molecule has 1 spiro atoms. The zero-order chi connectivity index (χ0) is 11.2. The second-order valence-electron chi connectivity index (χ2n) is 4.49. The van der Waals surface area contributed by atoms with Crippen LogP contribution in [-0.4, -0.2) is 29.5 Å². The average molecular weight is 220 g/mol. The van der Waals surface area contributed by atoms with Crippen LogP contribution in [0.2, 0.25) is 0 Å². The third kappa shape index (κ3) is 1.23. The van der Waals surface area contributed by atoms with Gasteiger partial charge in [-0.15, -0.1) is 0 Å². The largest absolute Gasteiger partial charge is 0.363 e. The van der Waals surface area contributed by atoms with E-state index in [1.165, 1.54) is 6.07 Å². The molecule has 0 bridgehead atoms. The van der Waals surface area contributed by atoms with Gasteiger partial charge in [0.1, 0.15) is 6.20 Å². The summed E-state index contributed by atoms with van der Waals surface area (Å²) in [5.74, 6) is -0.0937. The Morgan fingerprint density at radius 1 is 1.44 bits per heavy atom. The predicted molar refractivity (Wildman–Crippen MR) is 56.9 cm³/mol. The topological polar surface area (TPSA) is 80.1 Å². The second kappa shape index (κ2) is 3.23. The molecule has 2 N–H and O–H groups in total. The number of aromatic nitrogens is 1. The Kier molecular flexibility index (Phi) is 1.95. The van der Waals surface area contributed by atoms with Crippen molar-refractivity contribution >= 4 is 5.82 Å². The van der Waals surface area contributed by atoms with Crippen LogP contribution in [0.5, 0.6) is 0 Å². The van der Waals surface area contributed by atoms with Gasteiger partial charge in [-0.05, 0) is 16.0 Å². The zero-order valence-corrected chi connectivity index (χ0v) is 8.64. The highest BCUT2D eigenvalue weighted by molar-refractivity contribution is 5.30. The number of nitrogens with zero attached hydrogens (tertiary/aromatic N) is 2. The summed E-state index contributed by atoms with van der Waals surface area (Å²) in [7, 11) is 0. The molecule has 3 heterocycles. The first-order chi connectivity index (χ1) is 7.71. The molecule has 3 rings (SSSR count). The summed E-state index contributed by atoms with van der Waals surface area (Å²) < 4.78 is 0. The zero-order valence-electron chi connectivity index (χ0n) is 8.64. The number of nitro groups is 1. The van der Waals surface area contributed by atoms with Gasteiger partial charge in [0, 0.05) is 42.7 Å². The Morgan fingerprint density at radius 2 is 2.25 bits per heavy atom. The van der Waals surface area contributed by atoms with E-state index in [0.29, 0.717) is 11.5 Å². The van der Waals surface area contributed by atoms with Crippen LogP contribution in [0, 0.1) is 15.5 Å².